The third kappa shape index (κ3) is 4.92. The van der Waals surface area contributed by atoms with Crippen molar-refractivity contribution in [1.82, 2.24) is 4.98 Å². The molecule has 0 unspecified atom stereocenters. The molecule has 0 spiro atoms. The number of fused-ring (bicyclic) bond motifs is 3. The number of nitriles is 1. The van der Waals surface area contributed by atoms with Gasteiger partial charge in [0, 0.05) is 37.7 Å². The van der Waals surface area contributed by atoms with Crippen LogP contribution in [0.2, 0.25) is 0 Å². The van der Waals surface area contributed by atoms with Crippen molar-refractivity contribution >= 4 is 21.9 Å². The summed E-state index contributed by atoms with van der Waals surface area (Å²) in [4.78, 5) is 4.58. The lowest BCUT2D eigenvalue weighted by atomic mass is 9.71. The van der Waals surface area contributed by atoms with E-state index < -0.39 is 19.6 Å². The summed E-state index contributed by atoms with van der Waals surface area (Å²) >= 11 is 0. The molecule has 4 aromatic carbocycles. The second kappa shape index (κ2) is 10.5. The Labute approximate surface area is 265 Å². The number of aryl methyl sites for hydroxylation is 2. The number of furan rings is 1. The number of nitrogens with zero attached hydrogens (tertiary/aromatic N) is 2. The van der Waals surface area contributed by atoms with Crippen molar-refractivity contribution in [2.45, 2.75) is 59.1 Å². The van der Waals surface area contributed by atoms with Gasteiger partial charge < -0.3 is 4.42 Å². The van der Waals surface area contributed by atoms with Gasteiger partial charge in [-0.25, -0.2) is 0 Å². The number of para-hydroxylation sites is 2. The Kier molecular flexibility index (Phi) is 4.78. The zero-order chi connectivity index (χ0) is 36.5. The van der Waals surface area contributed by atoms with Gasteiger partial charge in [0.25, 0.3) is 0 Å². The number of rotatable bonds is 4. The molecule has 0 N–H and O–H groups in total. The molecule has 1 aliphatic rings. The van der Waals surface area contributed by atoms with Crippen LogP contribution in [0, 0.1) is 30.4 Å². The van der Waals surface area contributed by atoms with Crippen molar-refractivity contribution < 1.29 is 15.4 Å². The van der Waals surface area contributed by atoms with Crippen LogP contribution in [-0.2, 0) is 0 Å². The van der Waals surface area contributed by atoms with E-state index in [0.717, 1.165) is 34.7 Å². The molecule has 212 valence electrons. The van der Waals surface area contributed by atoms with Gasteiger partial charge in [-0.15, -0.1) is 0 Å². The lowest BCUT2D eigenvalue weighted by Crippen LogP contribution is -2.20. The molecule has 1 fully saturated rings. The first-order valence-electron chi connectivity index (χ1n) is 18.6. The van der Waals surface area contributed by atoms with Crippen LogP contribution in [0.4, 0.5) is 0 Å². The van der Waals surface area contributed by atoms with Crippen molar-refractivity contribution in [3.8, 4) is 39.6 Å². The first-order valence-corrected chi connectivity index (χ1v) is 14.6. The lowest BCUT2D eigenvalue weighted by molar-refractivity contribution is 0.224. The first-order chi connectivity index (χ1) is 24.0. The first kappa shape index (κ1) is 19.5. The molecule has 0 aliphatic heterocycles. The molecule has 3 heteroatoms. The normalized spacial score (nSPS) is 19.2. The van der Waals surface area contributed by atoms with Crippen LogP contribution in [0.1, 0.15) is 78.6 Å². The summed E-state index contributed by atoms with van der Waals surface area (Å²) in [5.41, 5.74) is 4.63. The van der Waals surface area contributed by atoms with Crippen LogP contribution < -0.4 is 0 Å². The standard InChI is InChI=1S/C40H36N2O/c1-25-21-30(28-17-19-40(3,4)20-18-28)15-16-31(25)36-22-37(42-24-26(36)2)35-10-6-9-34-33-8-5-7-32(38(33)43-39(34)35)29-13-11-27(23-41)12-14-29/h5-16,21-22,24,28H,17-20H2,1-4H3/i1D3,2D3,16D,28D. The number of benzene rings is 4. The summed E-state index contributed by atoms with van der Waals surface area (Å²) in [6.45, 7) is -1.03. The van der Waals surface area contributed by atoms with E-state index in [9.17, 15) is 8.00 Å². The predicted octanol–water partition coefficient (Wildman–Crippen LogP) is 11.2. The summed E-state index contributed by atoms with van der Waals surface area (Å²) in [7, 11) is 0. The lowest BCUT2D eigenvalue weighted by Gasteiger charge is -2.34. The fourth-order valence-electron chi connectivity index (χ4n) is 6.22. The van der Waals surface area contributed by atoms with Crippen molar-refractivity contribution in [2.24, 2.45) is 5.41 Å². The molecule has 43 heavy (non-hydrogen) atoms. The molecule has 0 amide bonds. The Balaban J connectivity index is 1.43. The van der Waals surface area contributed by atoms with Crippen LogP contribution in [0.5, 0.6) is 0 Å². The van der Waals surface area contributed by atoms with Gasteiger partial charge in [0.2, 0.25) is 0 Å². The van der Waals surface area contributed by atoms with Gasteiger partial charge >= 0.3 is 0 Å². The molecule has 2 aromatic heterocycles. The van der Waals surface area contributed by atoms with E-state index in [1.165, 1.54) is 12.3 Å². The molecular formula is C40H36N2O. The highest BCUT2D eigenvalue weighted by Crippen LogP contribution is 2.44. The van der Waals surface area contributed by atoms with E-state index in [2.05, 4.69) is 24.9 Å². The molecule has 1 saturated carbocycles. The summed E-state index contributed by atoms with van der Waals surface area (Å²) in [5, 5.41) is 10.9. The molecule has 2 heterocycles. The fraction of sp³-hybridized carbons (Fsp3) is 0.250. The van der Waals surface area contributed by atoms with Crippen molar-refractivity contribution in [1.29, 1.82) is 5.26 Å². The average Bonchev–Trinajstić information content (AvgIpc) is 3.47. The molecule has 0 radical (unpaired) electrons. The predicted molar refractivity (Wildman–Crippen MR) is 177 cm³/mol. The SMILES string of the molecule is [2H]c1cc(C2([2H])CCC(C)(C)CC2)cc(C([2H])([2H])[2H])c1-c1cc(-c2cccc3c2oc2c(-c4ccc(C#N)cc4)cccc23)ncc1C([2H])([2H])[2H]. The van der Waals surface area contributed by atoms with Crippen LogP contribution in [0.25, 0.3) is 55.4 Å². The number of hydrogen-bond acceptors (Lipinski definition) is 3. The average molecular weight is 569 g/mol. The molecule has 7 rings (SSSR count). The summed E-state index contributed by atoms with van der Waals surface area (Å²) in [5.74, 6) is -1.05. The highest BCUT2D eigenvalue weighted by Gasteiger charge is 2.28. The summed E-state index contributed by atoms with van der Waals surface area (Å²) in [6, 6.07) is 25.3. The van der Waals surface area contributed by atoms with Crippen LogP contribution >= 0.6 is 0 Å². The minimum atomic E-state index is -2.69. The quantitative estimate of drug-likeness (QED) is 0.212. The van der Waals surface area contributed by atoms with Gasteiger partial charge in [0.05, 0.1) is 18.7 Å². The number of pyridine rings is 1. The fourth-order valence-corrected chi connectivity index (χ4v) is 6.22. The topological polar surface area (TPSA) is 49.8 Å². The van der Waals surface area contributed by atoms with Gasteiger partial charge in [-0.3, -0.25) is 4.98 Å². The van der Waals surface area contributed by atoms with E-state index >= 15 is 0 Å². The van der Waals surface area contributed by atoms with Crippen molar-refractivity contribution in [2.75, 3.05) is 0 Å². The highest BCUT2D eigenvalue weighted by molar-refractivity contribution is 6.12. The van der Waals surface area contributed by atoms with Crippen LogP contribution in [-0.4, -0.2) is 4.98 Å². The zero-order valence-corrected chi connectivity index (χ0v) is 24.2. The van der Waals surface area contributed by atoms with E-state index in [0.29, 0.717) is 46.4 Å². The van der Waals surface area contributed by atoms with Gasteiger partial charge in [0.15, 0.2) is 0 Å². The summed E-state index contributed by atoms with van der Waals surface area (Å²) in [6.07, 6.45) is 3.91. The van der Waals surface area contributed by atoms with E-state index in [1.54, 1.807) is 24.3 Å². The minimum absolute atomic E-state index is 0.00634. The van der Waals surface area contributed by atoms with Crippen molar-refractivity contribution in [3.63, 3.8) is 0 Å². The third-order valence-electron chi connectivity index (χ3n) is 8.86. The van der Waals surface area contributed by atoms with Crippen LogP contribution in [0.15, 0.2) is 95.5 Å². The Hall–Kier alpha value is -4.68. The molecule has 1 aliphatic carbocycles. The second-order valence-electron chi connectivity index (χ2n) is 12.2. The molecule has 3 nitrogen and oxygen atoms in total. The maximum absolute atomic E-state index is 9.32. The summed E-state index contributed by atoms with van der Waals surface area (Å²) < 4.78 is 75.8. The molecule has 0 atom stereocenters. The van der Waals surface area contributed by atoms with Gasteiger partial charge in [-0.2, -0.15) is 5.26 Å². The third-order valence-corrected chi connectivity index (χ3v) is 8.86. The Morgan fingerprint density at radius 3 is 2.26 bits per heavy atom. The minimum Gasteiger partial charge on any atom is -0.455 e. The number of hydrogen-bond donors (Lipinski definition) is 0. The molecule has 6 aromatic rings. The number of aromatic nitrogens is 1. The Bertz CT molecular complexity index is 2350. The van der Waals surface area contributed by atoms with E-state index in [1.807, 2.05) is 48.5 Å². The van der Waals surface area contributed by atoms with E-state index in [4.69, 9.17) is 12.6 Å². The van der Waals surface area contributed by atoms with Gasteiger partial charge in [-0.05, 0) is 108 Å². The van der Waals surface area contributed by atoms with Crippen molar-refractivity contribution in [3.05, 3.63) is 113 Å². The van der Waals surface area contributed by atoms with Crippen LogP contribution in [0.3, 0.4) is 0 Å². The van der Waals surface area contributed by atoms with E-state index in [-0.39, 0.29) is 33.7 Å². The Morgan fingerprint density at radius 1 is 0.860 bits per heavy atom. The zero-order valence-electron chi connectivity index (χ0n) is 32.2. The smallest absolute Gasteiger partial charge is 0.144 e. The molecule has 0 saturated heterocycles. The van der Waals surface area contributed by atoms with Gasteiger partial charge in [-0.1, -0.05) is 74.5 Å². The molecule has 0 bridgehead atoms. The highest BCUT2D eigenvalue weighted by atomic mass is 16.3. The largest absolute Gasteiger partial charge is 0.455 e. The van der Waals surface area contributed by atoms with Gasteiger partial charge in [0.1, 0.15) is 11.2 Å². The maximum Gasteiger partial charge on any atom is 0.144 e. The molecular weight excluding hydrogens is 524 g/mol. The maximum atomic E-state index is 9.32. The Morgan fingerprint density at radius 2 is 1.56 bits per heavy atom. The monoisotopic (exact) mass is 568 g/mol. The second-order valence-corrected chi connectivity index (χ2v) is 12.2.